The lowest BCUT2D eigenvalue weighted by Crippen LogP contribution is -2.54. The predicted molar refractivity (Wildman–Crippen MR) is 131 cm³/mol. The number of aliphatic imine (C=N–C) groups is 1. The summed E-state index contributed by atoms with van der Waals surface area (Å²) in [6, 6.07) is 5.12. The van der Waals surface area contributed by atoms with Crippen molar-refractivity contribution >= 4 is 51.7 Å². The van der Waals surface area contributed by atoms with Gasteiger partial charge in [-0.25, -0.2) is 0 Å². The van der Waals surface area contributed by atoms with Crippen molar-refractivity contribution in [2.75, 3.05) is 0 Å². The highest BCUT2D eigenvalue weighted by molar-refractivity contribution is 6.67. The molecule has 170 valence electrons. The lowest BCUT2D eigenvalue weighted by atomic mass is 9.84. The van der Waals surface area contributed by atoms with Crippen LogP contribution in [0.3, 0.4) is 0 Å². The highest BCUT2D eigenvalue weighted by Crippen LogP contribution is 2.44. The van der Waals surface area contributed by atoms with Crippen molar-refractivity contribution in [3.63, 3.8) is 0 Å². The van der Waals surface area contributed by atoms with Gasteiger partial charge in [0.1, 0.15) is 11.4 Å². The average molecular weight is 494 g/mol. The molecule has 1 aromatic carbocycles. The topological polar surface area (TPSA) is 49.7 Å². The number of nitrogens with zero attached hydrogens (tertiary/aromatic N) is 2. The molecular formula is C25H27Cl3N2O2. The average Bonchev–Trinajstić information content (AvgIpc) is 3.03. The van der Waals surface area contributed by atoms with Crippen LogP contribution in [0.15, 0.2) is 46.5 Å². The van der Waals surface area contributed by atoms with E-state index in [9.17, 15) is 9.59 Å². The summed E-state index contributed by atoms with van der Waals surface area (Å²) in [6.07, 6.45) is 11.8. The van der Waals surface area contributed by atoms with E-state index in [0.29, 0.717) is 39.7 Å². The van der Waals surface area contributed by atoms with E-state index < -0.39 is 10.9 Å². The number of rotatable bonds is 6. The number of hydrogen-bond donors (Lipinski definition) is 0. The number of allylic oxidation sites excluding steroid dienone is 3. The van der Waals surface area contributed by atoms with E-state index in [2.05, 4.69) is 6.92 Å². The summed E-state index contributed by atoms with van der Waals surface area (Å²) in [4.78, 5) is 32.6. The van der Waals surface area contributed by atoms with Crippen LogP contribution < -0.4 is 0 Å². The zero-order valence-electron chi connectivity index (χ0n) is 18.2. The first-order valence-electron chi connectivity index (χ1n) is 11.3. The van der Waals surface area contributed by atoms with E-state index in [1.165, 1.54) is 0 Å². The molecule has 2 aliphatic carbocycles. The molecule has 1 spiro atoms. The molecule has 3 aliphatic rings. The SMILES string of the molecule is CCCC(C1=CC=C(C(=O)Cl)CC1)N1C(=O)C(c2cc(Cl)cc(Cl)c2)=NC12CCCCC2. The van der Waals surface area contributed by atoms with E-state index in [0.717, 1.165) is 50.5 Å². The number of carbonyl (C=O) groups excluding carboxylic acids is 2. The van der Waals surface area contributed by atoms with Crippen LogP contribution >= 0.6 is 34.8 Å². The minimum absolute atomic E-state index is 0.0622. The second-order valence-electron chi connectivity index (χ2n) is 8.85. The van der Waals surface area contributed by atoms with Gasteiger partial charge in [-0.3, -0.25) is 14.6 Å². The third kappa shape index (κ3) is 4.55. The Balaban J connectivity index is 1.77. The zero-order chi connectivity index (χ0) is 22.9. The number of hydrogen-bond acceptors (Lipinski definition) is 3. The lowest BCUT2D eigenvalue weighted by molar-refractivity contribution is -0.131. The first-order chi connectivity index (χ1) is 15.3. The maximum atomic E-state index is 13.9. The first-order valence-corrected chi connectivity index (χ1v) is 12.5. The van der Waals surface area contributed by atoms with Gasteiger partial charge in [0.15, 0.2) is 0 Å². The van der Waals surface area contributed by atoms with Gasteiger partial charge in [0.25, 0.3) is 5.91 Å². The van der Waals surface area contributed by atoms with Gasteiger partial charge in [-0.2, -0.15) is 0 Å². The minimum Gasteiger partial charge on any atom is -0.306 e. The molecule has 32 heavy (non-hydrogen) atoms. The van der Waals surface area contributed by atoms with Crippen LogP contribution in [0.5, 0.6) is 0 Å². The largest absolute Gasteiger partial charge is 0.306 e. The van der Waals surface area contributed by atoms with Gasteiger partial charge in [0.2, 0.25) is 5.24 Å². The Bertz CT molecular complexity index is 1000. The van der Waals surface area contributed by atoms with E-state index in [1.807, 2.05) is 17.1 Å². The van der Waals surface area contributed by atoms with Crippen LogP contribution in [0.1, 0.15) is 70.3 Å². The maximum absolute atomic E-state index is 13.9. The van der Waals surface area contributed by atoms with E-state index in [1.54, 1.807) is 18.2 Å². The Morgan fingerprint density at radius 1 is 1.09 bits per heavy atom. The van der Waals surface area contributed by atoms with Crippen molar-refractivity contribution in [3.05, 3.63) is 57.1 Å². The maximum Gasteiger partial charge on any atom is 0.275 e. The summed E-state index contributed by atoms with van der Waals surface area (Å²) >= 11 is 18.2. The highest BCUT2D eigenvalue weighted by Gasteiger charge is 2.51. The Kier molecular flexibility index (Phi) is 7.14. The Hall–Kier alpha value is -1.62. The van der Waals surface area contributed by atoms with Crippen molar-refractivity contribution < 1.29 is 9.59 Å². The molecule has 0 radical (unpaired) electrons. The van der Waals surface area contributed by atoms with Crippen LogP contribution in [-0.4, -0.2) is 33.5 Å². The molecule has 1 amide bonds. The minimum atomic E-state index is -0.535. The number of halogens is 3. The molecule has 1 fully saturated rings. The molecule has 1 unspecified atom stereocenters. The van der Waals surface area contributed by atoms with Crippen molar-refractivity contribution in [2.24, 2.45) is 4.99 Å². The number of carbonyl (C=O) groups is 2. The Morgan fingerprint density at radius 3 is 2.34 bits per heavy atom. The van der Waals surface area contributed by atoms with Crippen molar-refractivity contribution in [3.8, 4) is 0 Å². The standard InChI is InChI=1S/C25H27Cl3N2O2/c1-2-6-21(16-7-9-17(10-8-16)23(28)31)30-24(32)22(18-13-19(26)15-20(27)14-18)29-25(30)11-4-3-5-12-25/h7,9,13-15,21H,2-6,8,10-12H2,1H3. The van der Waals surface area contributed by atoms with Crippen LogP contribution in [0.25, 0.3) is 0 Å². The summed E-state index contributed by atoms with van der Waals surface area (Å²) in [5.74, 6) is -0.0622. The van der Waals surface area contributed by atoms with Gasteiger partial charge >= 0.3 is 0 Å². The van der Waals surface area contributed by atoms with Crippen LogP contribution in [-0.2, 0) is 9.59 Å². The van der Waals surface area contributed by atoms with E-state index >= 15 is 0 Å². The molecular weight excluding hydrogens is 467 g/mol. The van der Waals surface area contributed by atoms with Gasteiger partial charge in [-0.05, 0) is 80.3 Å². The van der Waals surface area contributed by atoms with Crippen LogP contribution in [0.2, 0.25) is 10.0 Å². The monoisotopic (exact) mass is 492 g/mol. The van der Waals surface area contributed by atoms with E-state index in [-0.39, 0.29) is 11.9 Å². The molecule has 0 bridgehead atoms. The number of benzene rings is 1. The van der Waals surface area contributed by atoms with Crippen LogP contribution in [0.4, 0.5) is 0 Å². The zero-order valence-corrected chi connectivity index (χ0v) is 20.4. The van der Waals surface area contributed by atoms with E-state index in [4.69, 9.17) is 39.8 Å². The Morgan fingerprint density at radius 2 is 1.78 bits per heavy atom. The number of amides is 1. The summed E-state index contributed by atoms with van der Waals surface area (Å²) in [6.45, 7) is 2.13. The molecule has 0 aromatic heterocycles. The Labute approximate surface area is 204 Å². The smallest absolute Gasteiger partial charge is 0.275 e. The van der Waals surface area contributed by atoms with Crippen molar-refractivity contribution in [1.29, 1.82) is 0 Å². The van der Waals surface area contributed by atoms with Crippen LogP contribution in [0, 0.1) is 0 Å². The summed E-state index contributed by atoms with van der Waals surface area (Å²) in [5.41, 5.74) is 2.36. The summed E-state index contributed by atoms with van der Waals surface area (Å²) in [5, 5.41) is 0.571. The van der Waals surface area contributed by atoms with Gasteiger partial charge in [0, 0.05) is 21.2 Å². The van der Waals surface area contributed by atoms with Gasteiger partial charge in [-0.1, -0.05) is 55.1 Å². The molecule has 0 saturated heterocycles. The van der Waals surface area contributed by atoms with Gasteiger partial charge in [-0.15, -0.1) is 0 Å². The third-order valence-corrected chi connectivity index (χ3v) is 7.40. The molecule has 1 atom stereocenters. The molecule has 4 nitrogen and oxygen atoms in total. The molecule has 1 saturated carbocycles. The molecule has 4 rings (SSSR count). The molecule has 1 aromatic rings. The second kappa shape index (κ2) is 9.70. The van der Waals surface area contributed by atoms with Crippen molar-refractivity contribution in [1.82, 2.24) is 4.90 Å². The van der Waals surface area contributed by atoms with Crippen molar-refractivity contribution in [2.45, 2.75) is 76.4 Å². The van der Waals surface area contributed by atoms with Gasteiger partial charge in [0.05, 0.1) is 6.04 Å². The quantitative estimate of drug-likeness (QED) is 0.406. The van der Waals surface area contributed by atoms with Gasteiger partial charge < -0.3 is 4.90 Å². The normalized spacial score (nSPS) is 21.3. The molecule has 1 heterocycles. The fourth-order valence-electron chi connectivity index (χ4n) is 5.24. The third-order valence-electron chi connectivity index (χ3n) is 6.72. The predicted octanol–water partition coefficient (Wildman–Crippen LogP) is 6.87. The molecule has 7 heteroatoms. The fourth-order valence-corrected chi connectivity index (χ4v) is 5.93. The molecule has 1 aliphatic heterocycles. The second-order valence-corrected chi connectivity index (χ2v) is 10.1. The summed E-state index contributed by atoms with van der Waals surface area (Å²) in [7, 11) is 0. The highest BCUT2D eigenvalue weighted by atomic mass is 35.5. The molecule has 0 N–H and O–H groups in total. The first kappa shape index (κ1) is 23.5. The summed E-state index contributed by atoms with van der Waals surface area (Å²) < 4.78 is 0. The lowest BCUT2D eigenvalue weighted by Gasteiger charge is -2.44. The fraction of sp³-hybridized carbons (Fsp3) is 0.480.